The first kappa shape index (κ1) is 25.8. The number of carbonyl (C=O) groups excluding carboxylic acids is 2. The van der Waals surface area contributed by atoms with E-state index in [1.807, 2.05) is 31.2 Å². The van der Waals surface area contributed by atoms with Gasteiger partial charge in [0.15, 0.2) is 0 Å². The van der Waals surface area contributed by atoms with Crippen molar-refractivity contribution in [1.29, 1.82) is 0 Å². The average Bonchev–Trinajstić information content (AvgIpc) is 3.18. The smallest absolute Gasteiger partial charge is 0.227 e. The minimum Gasteiger partial charge on any atom is -0.497 e. The van der Waals surface area contributed by atoms with Gasteiger partial charge in [0.1, 0.15) is 10.8 Å². The van der Waals surface area contributed by atoms with Gasteiger partial charge in [0, 0.05) is 31.5 Å². The summed E-state index contributed by atoms with van der Waals surface area (Å²) in [5.74, 6) is 0.996. The molecular formula is C24H36N4O3S. The largest absolute Gasteiger partial charge is 0.497 e. The number of carbonyl (C=O) groups is 2. The van der Waals surface area contributed by atoms with Crippen molar-refractivity contribution >= 4 is 28.3 Å². The molecular weight excluding hydrogens is 424 g/mol. The van der Waals surface area contributed by atoms with Crippen LogP contribution in [0.4, 0.5) is 5.13 Å². The maximum absolute atomic E-state index is 12.8. The van der Waals surface area contributed by atoms with Crippen LogP contribution in [0.3, 0.4) is 0 Å². The van der Waals surface area contributed by atoms with Crippen LogP contribution in [0.15, 0.2) is 24.3 Å². The zero-order valence-electron chi connectivity index (χ0n) is 20.1. The van der Waals surface area contributed by atoms with Crippen LogP contribution >= 0.6 is 11.3 Å². The fourth-order valence-electron chi connectivity index (χ4n) is 3.74. The van der Waals surface area contributed by atoms with E-state index in [0.29, 0.717) is 35.6 Å². The van der Waals surface area contributed by atoms with Crippen molar-refractivity contribution < 1.29 is 14.3 Å². The van der Waals surface area contributed by atoms with Crippen LogP contribution < -0.4 is 10.1 Å². The van der Waals surface area contributed by atoms with E-state index in [0.717, 1.165) is 24.2 Å². The number of nitrogens with one attached hydrogen (secondary N) is 1. The van der Waals surface area contributed by atoms with Crippen molar-refractivity contribution in [2.45, 2.75) is 60.3 Å². The van der Waals surface area contributed by atoms with Crippen molar-refractivity contribution in [1.82, 2.24) is 15.1 Å². The fraction of sp³-hybridized carbons (Fsp3) is 0.583. The van der Waals surface area contributed by atoms with Crippen LogP contribution in [0.5, 0.6) is 5.75 Å². The number of methoxy groups -OCH3 is 1. The SMILES string of the molecule is CCCN(CCC(=O)Nc1nnc(-c2cccc(OC)c2)s1)C(=O)C[C@@H](C)CC(C)(C)C. The van der Waals surface area contributed by atoms with Gasteiger partial charge in [0.25, 0.3) is 0 Å². The number of amides is 2. The van der Waals surface area contributed by atoms with E-state index in [-0.39, 0.29) is 23.7 Å². The second kappa shape index (κ2) is 11.9. The molecule has 7 nitrogen and oxygen atoms in total. The molecule has 8 heteroatoms. The maximum atomic E-state index is 12.8. The molecule has 0 bridgehead atoms. The van der Waals surface area contributed by atoms with Crippen LogP contribution in [0, 0.1) is 11.3 Å². The first-order chi connectivity index (χ1) is 15.1. The van der Waals surface area contributed by atoms with Crippen molar-refractivity contribution in [3.63, 3.8) is 0 Å². The van der Waals surface area contributed by atoms with Gasteiger partial charge in [-0.15, -0.1) is 10.2 Å². The third-order valence-electron chi connectivity index (χ3n) is 4.93. The molecule has 1 aromatic heterocycles. The van der Waals surface area contributed by atoms with Gasteiger partial charge < -0.3 is 15.0 Å². The molecule has 32 heavy (non-hydrogen) atoms. The molecule has 0 aliphatic heterocycles. The zero-order valence-corrected chi connectivity index (χ0v) is 20.9. The molecule has 0 fully saturated rings. The highest BCUT2D eigenvalue weighted by atomic mass is 32.1. The standard InChI is InChI=1S/C24H36N4O3S/c1-7-12-28(21(30)14-17(2)16-24(3,4)5)13-11-20(29)25-23-27-26-22(32-23)18-9-8-10-19(15-18)31-6/h8-10,15,17H,7,11-14,16H2,1-6H3,(H,25,27,29)/t17-/m1/s1. The Kier molecular flexibility index (Phi) is 9.62. The number of ether oxygens (including phenoxy) is 1. The monoisotopic (exact) mass is 460 g/mol. The van der Waals surface area contributed by atoms with Gasteiger partial charge in [-0.2, -0.15) is 0 Å². The highest BCUT2D eigenvalue weighted by molar-refractivity contribution is 7.18. The Morgan fingerprint density at radius 1 is 1.22 bits per heavy atom. The predicted octanol–water partition coefficient (Wildman–Crippen LogP) is 5.24. The number of anilines is 1. The lowest BCUT2D eigenvalue weighted by atomic mass is 9.84. The predicted molar refractivity (Wildman–Crippen MR) is 130 cm³/mol. The quantitative estimate of drug-likeness (QED) is 0.495. The van der Waals surface area contributed by atoms with Crippen LogP contribution in [0.2, 0.25) is 0 Å². The Hall–Kier alpha value is -2.48. The molecule has 0 saturated heterocycles. The normalized spacial score (nSPS) is 12.3. The fourth-order valence-corrected chi connectivity index (χ4v) is 4.50. The summed E-state index contributed by atoms with van der Waals surface area (Å²) < 4.78 is 5.24. The van der Waals surface area contributed by atoms with Crippen LogP contribution in [-0.2, 0) is 9.59 Å². The van der Waals surface area contributed by atoms with E-state index < -0.39 is 0 Å². The second-order valence-corrected chi connectivity index (χ2v) is 10.4. The van der Waals surface area contributed by atoms with E-state index in [1.165, 1.54) is 11.3 Å². The first-order valence-corrected chi connectivity index (χ1v) is 12.0. The summed E-state index contributed by atoms with van der Waals surface area (Å²) in [7, 11) is 1.61. The third-order valence-corrected chi connectivity index (χ3v) is 5.81. The number of benzene rings is 1. The van der Waals surface area contributed by atoms with E-state index in [2.05, 4.69) is 43.2 Å². The molecule has 1 atom stereocenters. The van der Waals surface area contributed by atoms with E-state index in [1.54, 1.807) is 12.0 Å². The molecule has 0 spiro atoms. The average molecular weight is 461 g/mol. The van der Waals surface area contributed by atoms with Crippen molar-refractivity contribution in [2.75, 3.05) is 25.5 Å². The lowest BCUT2D eigenvalue weighted by molar-refractivity contribution is -0.132. The van der Waals surface area contributed by atoms with Gasteiger partial charge in [0.2, 0.25) is 16.9 Å². The molecule has 0 saturated carbocycles. The van der Waals surface area contributed by atoms with Crippen LogP contribution in [-0.4, -0.2) is 47.1 Å². The summed E-state index contributed by atoms with van der Waals surface area (Å²) in [6, 6.07) is 7.54. The second-order valence-electron chi connectivity index (χ2n) is 9.40. The first-order valence-electron chi connectivity index (χ1n) is 11.2. The number of nitrogens with zero attached hydrogens (tertiary/aromatic N) is 3. The highest BCUT2D eigenvalue weighted by Gasteiger charge is 2.21. The van der Waals surface area contributed by atoms with Gasteiger partial charge >= 0.3 is 0 Å². The molecule has 0 unspecified atom stereocenters. The van der Waals surface area contributed by atoms with Crippen LogP contribution in [0.25, 0.3) is 10.6 Å². The lowest BCUT2D eigenvalue weighted by Crippen LogP contribution is -2.35. The molecule has 1 heterocycles. The van der Waals surface area contributed by atoms with Gasteiger partial charge in [-0.05, 0) is 36.3 Å². The van der Waals surface area contributed by atoms with Crippen LogP contribution in [0.1, 0.15) is 60.3 Å². The maximum Gasteiger partial charge on any atom is 0.227 e. The summed E-state index contributed by atoms with van der Waals surface area (Å²) in [6.45, 7) is 11.8. The summed E-state index contributed by atoms with van der Waals surface area (Å²) >= 11 is 1.31. The third kappa shape index (κ3) is 8.57. The Labute approximate surface area is 195 Å². The minimum absolute atomic E-state index is 0.118. The molecule has 0 aliphatic rings. The molecule has 1 N–H and O–H groups in total. The molecule has 2 amide bonds. The summed E-state index contributed by atoms with van der Waals surface area (Å²) in [4.78, 5) is 27.1. The van der Waals surface area contributed by atoms with Gasteiger partial charge in [0.05, 0.1) is 7.11 Å². The van der Waals surface area contributed by atoms with E-state index in [4.69, 9.17) is 4.74 Å². The molecule has 2 aromatic rings. The number of hydrogen-bond donors (Lipinski definition) is 1. The Balaban J connectivity index is 1.89. The summed E-state index contributed by atoms with van der Waals surface area (Å²) in [6.07, 6.45) is 2.60. The lowest BCUT2D eigenvalue weighted by Gasteiger charge is -2.26. The minimum atomic E-state index is -0.171. The van der Waals surface area contributed by atoms with Gasteiger partial charge in [-0.1, -0.05) is 58.1 Å². The summed E-state index contributed by atoms with van der Waals surface area (Å²) in [5, 5.41) is 12.2. The molecule has 0 radical (unpaired) electrons. The van der Waals surface area contributed by atoms with Crippen molar-refractivity contribution in [3.8, 4) is 16.3 Å². The number of hydrogen-bond acceptors (Lipinski definition) is 6. The Morgan fingerprint density at radius 3 is 2.62 bits per heavy atom. The van der Waals surface area contributed by atoms with E-state index in [9.17, 15) is 9.59 Å². The zero-order chi connectivity index (χ0) is 23.7. The molecule has 1 aromatic carbocycles. The van der Waals surface area contributed by atoms with Crippen molar-refractivity contribution in [3.05, 3.63) is 24.3 Å². The van der Waals surface area contributed by atoms with Gasteiger partial charge in [-0.25, -0.2) is 0 Å². The number of aromatic nitrogens is 2. The topological polar surface area (TPSA) is 84.4 Å². The number of rotatable bonds is 11. The van der Waals surface area contributed by atoms with Gasteiger partial charge in [-0.3, -0.25) is 9.59 Å². The summed E-state index contributed by atoms with van der Waals surface area (Å²) in [5.41, 5.74) is 1.08. The molecule has 0 aliphatic carbocycles. The molecule has 176 valence electrons. The van der Waals surface area contributed by atoms with Crippen molar-refractivity contribution in [2.24, 2.45) is 11.3 Å². The highest BCUT2D eigenvalue weighted by Crippen LogP contribution is 2.29. The Bertz CT molecular complexity index is 891. The van der Waals surface area contributed by atoms with E-state index >= 15 is 0 Å². The Morgan fingerprint density at radius 2 is 1.97 bits per heavy atom. The molecule has 2 rings (SSSR count).